The van der Waals surface area contributed by atoms with Crippen molar-refractivity contribution in [2.24, 2.45) is 0 Å². The van der Waals surface area contributed by atoms with Gasteiger partial charge in [0.25, 0.3) is 5.91 Å². The van der Waals surface area contributed by atoms with Crippen molar-refractivity contribution in [2.45, 2.75) is 45.2 Å². The summed E-state index contributed by atoms with van der Waals surface area (Å²) in [6, 6.07) is 2.46. The number of anilines is 1. The molecule has 2 heterocycles. The highest BCUT2D eigenvalue weighted by Gasteiger charge is 2.30. The largest absolute Gasteiger partial charge is 0.387 e. The second-order valence-electron chi connectivity index (χ2n) is 5.01. The van der Waals surface area contributed by atoms with Gasteiger partial charge in [-0.05, 0) is 39.2 Å². The van der Waals surface area contributed by atoms with E-state index in [-0.39, 0.29) is 5.91 Å². The SMILES string of the molecule is CNc1ccncc1C(=O)N1C(C)CCCC1C. The van der Waals surface area contributed by atoms with Gasteiger partial charge in [-0.25, -0.2) is 0 Å². The molecule has 0 spiro atoms. The number of carbonyl (C=O) groups excluding carboxylic acids is 1. The van der Waals surface area contributed by atoms with Gasteiger partial charge in [0.2, 0.25) is 0 Å². The molecule has 1 saturated heterocycles. The van der Waals surface area contributed by atoms with Gasteiger partial charge in [-0.3, -0.25) is 9.78 Å². The molecular formula is C14H21N3O. The first-order chi connectivity index (χ1) is 8.65. The zero-order chi connectivity index (χ0) is 13.1. The highest BCUT2D eigenvalue weighted by atomic mass is 16.2. The van der Waals surface area contributed by atoms with Gasteiger partial charge in [0, 0.05) is 37.2 Å². The first-order valence-corrected chi connectivity index (χ1v) is 6.59. The Morgan fingerprint density at radius 2 is 2.06 bits per heavy atom. The van der Waals surface area contributed by atoms with Crippen molar-refractivity contribution in [2.75, 3.05) is 12.4 Å². The van der Waals surface area contributed by atoms with Gasteiger partial charge in [0.1, 0.15) is 0 Å². The van der Waals surface area contributed by atoms with Crippen molar-refractivity contribution < 1.29 is 4.79 Å². The smallest absolute Gasteiger partial charge is 0.258 e. The number of likely N-dealkylation sites (tertiary alicyclic amines) is 1. The topological polar surface area (TPSA) is 45.2 Å². The minimum absolute atomic E-state index is 0.0900. The number of nitrogens with one attached hydrogen (secondary N) is 1. The molecule has 4 heteroatoms. The second-order valence-corrected chi connectivity index (χ2v) is 5.01. The van der Waals surface area contributed by atoms with Crippen LogP contribution < -0.4 is 5.32 Å². The number of carbonyl (C=O) groups is 1. The van der Waals surface area contributed by atoms with E-state index in [0.717, 1.165) is 18.5 Å². The average Bonchev–Trinajstić information content (AvgIpc) is 2.38. The molecule has 0 bridgehead atoms. The number of piperidine rings is 1. The fourth-order valence-electron chi connectivity index (χ4n) is 2.74. The molecule has 2 rings (SSSR count). The summed E-state index contributed by atoms with van der Waals surface area (Å²) in [6.07, 6.45) is 6.74. The Hall–Kier alpha value is -1.58. The molecule has 1 amide bonds. The normalized spacial score (nSPS) is 23.8. The lowest BCUT2D eigenvalue weighted by molar-refractivity contribution is 0.0511. The summed E-state index contributed by atoms with van der Waals surface area (Å²) in [7, 11) is 1.83. The predicted octanol–water partition coefficient (Wildman–Crippen LogP) is 2.53. The quantitative estimate of drug-likeness (QED) is 0.873. The molecule has 1 aliphatic heterocycles. The minimum Gasteiger partial charge on any atom is -0.387 e. The van der Waals surface area contributed by atoms with E-state index in [9.17, 15) is 4.79 Å². The fourth-order valence-corrected chi connectivity index (χ4v) is 2.74. The third-order valence-electron chi connectivity index (χ3n) is 3.75. The molecule has 18 heavy (non-hydrogen) atoms. The van der Waals surface area contributed by atoms with Crippen molar-refractivity contribution in [3.05, 3.63) is 24.0 Å². The first-order valence-electron chi connectivity index (χ1n) is 6.59. The van der Waals surface area contributed by atoms with Crippen molar-refractivity contribution in [1.29, 1.82) is 0 Å². The molecule has 1 aromatic rings. The molecule has 1 aromatic heterocycles. The molecule has 1 N–H and O–H groups in total. The summed E-state index contributed by atoms with van der Waals surface area (Å²) in [5.41, 5.74) is 1.51. The van der Waals surface area contributed by atoms with Crippen LogP contribution >= 0.6 is 0 Å². The summed E-state index contributed by atoms with van der Waals surface area (Å²) in [6.45, 7) is 4.26. The lowest BCUT2D eigenvalue weighted by Gasteiger charge is -2.39. The molecule has 2 unspecified atom stereocenters. The van der Waals surface area contributed by atoms with Gasteiger partial charge >= 0.3 is 0 Å². The third-order valence-corrected chi connectivity index (χ3v) is 3.75. The van der Waals surface area contributed by atoms with Gasteiger partial charge in [-0.1, -0.05) is 0 Å². The van der Waals surface area contributed by atoms with E-state index in [1.165, 1.54) is 6.42 Å². The summed E-state index contributed by atoms with van der Waals surface area (Å²) in [5.74, 6) is 0.0900. The van der Waals surface area contributed by atoms with Crippen LogP contribution in [0.25, 0.3) is 0 Å². The van der Waals surface area contributed by atoms with Gasteiger partial charge in [-0.15, -0.1) is 0 Å². The van der Waals surface area contributed by atoms with Crippen molar-refractivity contribution in [1.82, 2.24) is 9.88 Å². The van der Waals surface area contributed by atoms with Crippen LogP contribution in [0.3, 0.4) is 0 Å². The molecule has 4 nitrogen and oxygen atoms in total. The van der Waals surface area contributed by atoms with Gasteiger partial charge in [0.05, 0.1) is 5.56 Å². The Morgan fingerprint density at radius 1 is 1.39 bits per heavy atom. The Morgan fingerprint density at radius 3 is 2.67 bits per heavy atom. The van der Waals surface area contributed by atoms with Crippen molar-refractivity contribution in [3.63, 3.8) is 0 Å². The number of aromatic nitrogens is 1. The van der Waals surface area contributed by atoms with Crippen LogP contribution in [0.1, 0.15) is 43.5 Å². The Kier molecular flexibility index (Phi) is 3.84. The Labute approximate surface area is 108 Å². The number of pyridine rings is 1. The van der Waals surface area contributed by atoms with E-state index < -0.39 is 0 Å². The van der Waals surface area contributed by atoms with E-state index in [1.54, 1.807) is 12.4 Å². The zero-order valence-electron chi connectivity index (χ0n) is 11.3. The summed E-state index contributed by atoms with van der Waals surface area (Å²) >= 11 is 0. The van der Waals surface area contributed by atoms with Crippen LogP contribution in [0, 0.1) is 0 Å². The number of rotatable bonds is 2. The van der Waals surface area contributed by atoms with E-state index in [4.69, 9.17) is 0 Å². The Bertz CT molecular complexity index is 423. The molecular weight excluding hydrogens is 226 g/mol. The summed E-state index contributed by atoms with van der Waals surface area (Å²) < 4.78 is 0. The third kappa shape index (κ3) is 2.33. The number of nitrogens with zero attached hydrogens (tertiary/aromatic N) is 2. The molecule has 1 aliphatic rings. The first kappa shape index (κ1) is 12.9. The molecule has 98 valence electrons. The van der Waals surface area contributed by atoms with Crippen LogP contribution in [0.15, 0.2) is 18.5 Å². The van der Waals surface area contributed by atoms with E-state index in [1.807, 2.05) is 18.0 Å². The summed E-state index contributed by atoms with van der Waals surface area (Å²) in [4.78, 5) is 18.7. The zero-order valence-corrected chi connectivity index (χ0v) is 11.3. The van der Waals surface area contributed by atoms with E-state index >= 15 is 0 Å². The lowest BCUT2D eigenvalue weighted by atomic mass is 9.96. The van der Waals surface area contributed by atoms with Crippen LogP contribution in [-0.4, -0.2) is 34.9 Å². The lowest BCUT2D eigenvalue weighted by Crippen LogP contribution is -2.47. The molecule has 1 fully saturated rings. The van der Waals surface area contributed by atoms with Crippen LogP contribution in [0.5, 0.6) is 0 Å². The van der Waals surface area contributed by atoms with Crippen molar-refractivity contribution in [3.8, 4) is 0 Å². The maximum Gasteiger partial charge on any atom is 0.258 e. The number of hydrogen-bond acceptors (Lipinski definition) is 3. The number of amides is 1. The molecule has 2 atom stereocenters. The second kappa shape index (κ2) is 5.38. The highest BCUT2D eigenvalue weighted by Crippen LogP contribution is 2.26. The van der Waals surface area contributed by atoms with Crippen LogP contribution in [0.2, 0.25) is 0 Å². The van der Waals surface area contributed by atoms with Crippen LogP contribution in [0.4, 0.5) is 5.69 Å². The predicted molar refractivity (Wildman–Crippen MR) is 72.7 cm³/mol. The maximum absolute atomic E-state index is 12.6. The van der Waals surface area contributed by atoms with Gasteiger partial charge in [0.15, 0.2) is 0 Å². The van der Waals surface area contributed by atoms with Crippen molar-refractivity contribution >= 4 is 11.6 Å². The standard InChI is InChI=1S/C14H21N3O/c1-10-5-4-6-11(2)17(10)14(18)12-9-16-8-7-13(12)15-3/h7-11H,4-6H2,1-3H3,(H,15,16). The van der Waals surface area contributed by atoms with Gasteiger partial charge in [-0.2, -0.15) is 0 Å². The molecule has 0 aromatic carbocycles. The molecule has 0 radical (unpaired) electrons. The summed E-state index contributed by atoms with van der Waals surface area (Å²) in [5, 5.41) is 3.06. The fraction of sp³-hybridized carbons (Fsp3) is 0.571. The molecule has 0 aliphatic carbocycles. The Balaban J connectivity index is 2.29. The minimum atomic E-state index is 0.0900. The average molecular weight is 247 g/mol. The maximum atomic E-state index is 12.6. The number of hydrogen-bond donors (Lipinski definition) is 1. The monoisotopic (exact) mass is 247 g/mol. The van der Waals surface area contributed by atoms with Gasteiger partial charge < -0.3 is 10.2 Å². The molecule has 0 saturated carbocycles. The van der Waals surface area contributed by atoms with Crippen LogP contribution in [-0.2, 0) is 0 Å². The van der Waals surface area contributed by atoms with E-state index in [2.05, 4.69) is 24.1 Å². The van der Waals surface area contributed by atoms with E-state index in [0.29, 0.717) is 17.6 Å². The highest BCUT2D eigenvalue weighted by molar-refractivity contribution is 5.99.